The monoisotopic (exact) mass is 576 g/mol. The predicted molar refractivity (Wildman–Crippen MR) is 168 cm³/mol. The molecule has 192 valence electrons. The lowest BCUT2D eigenvalue weighted by Gasteiger charge is -2.31. The van der Waals surface area contributed by atoms with Crippen LogP contribution in [-0.2, 0) is 16.5 Å². The summed E-state index contributed by atoms with van der Waals surface area (Å²) < 4.78 is 27.2. The van der Waals surface area contributed by atoms with E-state index in [-0.39, 0.29) is 0 Å². The largest absolute Gasteiger partial charge is 0.636 e. The van der Waals surface area contributed by atoms with Crippen molar-refractivity contribution in [1.29, 1.82) is 0 Å². The van der Waals surface area contributed by atoms with Crippen molar-refractivity contribution in [3.05, 3.63) is 119 Å². The molecule has 0 aromatic heterocycles. The minimum atomic E-state index is -3.37. The van der Waals surface area contributed by atoms with Crippen LogP contribution in [0.1, 0.15) is 22.3 Å². The minimum absolute atomic E-state index is 1.12. The van der Waals surface area contributed by atoms with Gasteiger partial charge in [-0.3, -0.25) is 0 Å². The van der Waals surface area contributed by atoms with Crippen LogP contribution in [0.15, 0.2) is 97.1 Å². The zero-order valence-corrected chi connectivity index (χ0v) is 28.9. The summed E-state index contributed by atoms with van der Waals surface area (Å²) in [6, 6.07) is 33.8. The molecular weight excluding hydrogens is 541 g/mol. The normalized spacial score (nSPS) is 14.2. The van der Waals surface area contributed by atoms with E-state index >= 15 is 0 Å². The fourth-order valence-corrected chi connectivity index (χ4v) is 18.1. The highest BCUT2D eigenvalue weighted by molar-refractivity contribution is 6.78. The predicted octanol–water partition coefficient (Wildman–Crippen LogP) is 0.359. The Kier molecular flexibility index (Phi) is 10.2. The summed E-state index contributed by atoms with van der Waals surface area (Å²) in [6.45, 7) is 8.57. The van der Waals surface area contributed by atoms with Gasteiger partial charge in [-0.25, -0.2) is 0 Å². The Hall–Kier alpha value is -2.20. The molecule has 0 aliphatic carbocycles. The zero-order valence-electron chi connectivity index (χ0n) is 22.2. The van der Waals surface area contributed by atoms with Crippen molar-refractivity contribution in [1.82, 2.24) is 0 Å². The van der Waals surface area contributed by atoms with Crippen LogP contribution in [0.2, 0.25) is 0 Å². The van der Waals surface area contributed by atoms with Crippen molar-refractivity contribution in [2.45, 2.75) is 27.7 Å². The first-order chi connectivity index (χ1) is 18.0. The van der Waals surface area contributed by atoms with Gasteiger partial charge in [0.1, 0.15) is 0 Å². The molecule has 0 saturated carbocycles. The second-order valence-corrected chi connectivity index (χ2v) is 19.2. The molecule has 0 N–H and O–H groups in total. The SMILES string of the molecule is Cc1ccccc1[SiH2]O[Si](O[SiH2]c1ccccc1C)(O[SiH2]c1ccccc1C)O[SiH2]c1ccccc1C. The molecule has 0 aliphatic heterocycles. The van der Waals surface area contributed by atoms with E-state index in [9.17, 15) is 0 Å². The Bertz CT molecular complexity index is 1110. The zero-order chi connectivity index (χ0) is 26.1. The maximum atomic E-state index is 6.80. The van der Waals surface area contributed by atoms with E-state index in [0.717, 1.165) is 0 Å². The Labute approximate surface area is 231 Å². The van der Waals surface area contributed by atoms with Crippen LogP contribution in [-0.4, -0.2) is 48.1 Å². The molecule has 0 spiro atoms. The molecule has 37 heavy (non-hydrogen) atoms. The average molecular weight is 577 g/mol. The van der Waals surface area contributed by atoms with Crippen molar-refractivity contribution < 1.29 is 16.5 Å². The van der Waals surface area contributed by atoms with Crippen molar-refractivity contribution >= 4 is 68.8 Å². The third-order valence-electron chi connectivity index (χ3n) is 6.66. The molecule has 0 fully saturated rings. The van der Waals surface area contributed by atoms with Gasteiger partial charge in [-0.1, -0.05) is 119 Å². The molecule has 0 radical (unpaired) electrons. The number of aryl methyl sites for hydroxylation is 4. The highest BCUT2D eigenvalue weighted by atomic mass is 28.5. The molecule has 4 nitrogen and oxygen atoms in total. The van der Waals surface area contributed by atoms with Crippen LogP contribution < -0.4 is 20.7 Å². The summed E-state index contributed by atoms with van der Waals surface area (Å²) >= 11 is 0. The Balaban J connectivity index is 1.64. The number of hydrogen-bond donors (Lipinski definition) is 0. The fourth-order valence-electron chi connectivity index (χ4n) is 4.00. The molecule has 4 aromatic carbocycles. The topological polar surface area (TPSA) is 36.9 Å². The molecule has 0 saturated heterocycles. The van der Waals surface area contributed by atoms with E-state index in [1.165, 1.54) is 43.0 Å². The Morgan fingerprint density at radius 1 is 0.378 bits per heavy atom. The van der Waals surface area contributed by atoms with Gasteiger partial charge in [0.25, 0.3) is 0 Å². The molecular formula is C28H36O4Si5. The van der Waals surface area contributed by atoms with E-state index in [0.29, 0.717) is 0 Å². The van der Waals surface area contributed by atoms with Gasteiger partial charge in [-0.15, -0.1) is 0 Å². The summed E-state index contributed by atoms with van der Waals surface area (Å²) in [7, 11) is -7.85. The second kappa shape index (κ2) is 13.6. The van der Waals surface area contributed by atoms with Crippen molar-refractivity contribution in [3.8, 4) is 0 Å². The third-order valence-corrected chi connectivity index (χ3v) is 19.0. The Morgan fingerprint density at radius 2 is 0.595 bits per heavy atom. The van der Waals surface area contributed by atoms with E-state index < -0.39 is 48.1 Å². The minimum Gasteiger partial charge on any atom is -0.397 e. The van der Waals surface area contributed by atoms with E-state index in [1.54, 1.807) is 0 Å². The maximum Gasteiger partial charge on any atom is 0.636 e. The summed E-state index contributed by atoms with van der Waals surface area (Å²) in [5.41, 5.74) is 5.00. The van der Waals surface area contributed by atoms with E-state index in [4.69, 9.17) is 16.5 Å². The van der Waals surface area contributed by atoms with Crippen LogP contribution in [0.25, 0.3) is 0 Å². The number of hydrogen-bond acceptors (Lipinski definition) is 4. The summed E-state index contributed by atoms with van der Waals surface area (Å²) in [4.78, 5) is 0. The van der Waals surface area contributed by atoms with Crippen molar-refractivity contribution in [2.24, 2.45) is 0 Å². The van der Waals surface area contributed by atoms with Crippen LogP contribution in [0.5, 0.6) is 0 Å². The van der Waals surface area contributed by atoms with Gasteiger partial charge < -0.3 is 16.5 Å². The second-order valence-electron chi connectivity index (χ2n) is 9.36. The molecule has 9 heteroatoms. The molecule has 0 bridgehead atoms. The van der Waals surface area contributed by atoms with Gasteiger partial charge in [0.05, 0.1) is 0 Å². The van der Waals surface area contributed by atoms with Gasteiger partial charge in [0, 0.05) is 0 Å². The van der Waals surface area contributed by atoms with Crippen molar-refractivity contribution in [3.63, 3.8) is 0 Å². The average Bonchev–Trinajstić information content (AvgIpc) is 2.91. The molecule has 0 amide bonds. The molecule has 0 aliphatic rings. The van der Waals surface area contributed by atoms with E-state index in [1.807, 2.05) is 0 Å². The summed E-state index contributed by atoms with van der Waals surface area (Å²) in [6.07, 6.45) is 0. The summed E-state index contributed by atoms with van der Waals surface area (Å²) in [5.74, 6) is 0. The van der Waals surface area contributed by atoms with Crippen LogP contribution in [0, 0.1) is 27.7 Å². The first-order valence-corrected chi connectivity index (χ1v) is 19.5. The lowest BCUT2D eigenvalue weighted by molar-refractivity contribution is 0.180. The Morgan fingerprint density at radius 3 is 0.811 bits per heavy atom. The lowest BCUT2D eigenvalue weighted by atomic mass is 10.2. The van der Waals surface area contributed by atoms with Crippen molar-refractivity contribution in [2.75, 3.05) is 0 Å². The molecule has 0 heterocycles. The van der Waals surface area contributed by atoms with Gasteiger partial charge in [-0.2, -0.15) is 0 Å². The summed E-state index contributed by atoms with van der Waals surface area (Å²) in [5, 5.41) is 5.07. The molecule has 4 aromatic rings. The molecule has 4 rings (SSSR count). The highest BCUT2D eigenvalue weighted by Gasteiger charge is 2.44. The van der Waals surface area contributed by atoms with Gasteiger partial charge >= 0.3 is 9.05 Å². The number of rotatable bonds is 12. The highest BCUT2D eigenvalue weighted by Crippen LogP contribution is 2.12. The van der Waals surface area contributed by atoms with Crippen LogP contribution in [0.4, 0.5) is 0 Å². The van der Waals surface area contributed by atoms with Crippen LogP contribution >= 0.6 is 0 Å². The fraction of sp³-hybridized carbons (Fsp3) is 0.143. The smallest absolute Gasteiger partial charge is 0.397 e. The standard InChI is InChI=1S/C28H36O4Si5/c1-21-13-5-9-17-25(21)33-29-37(30-34-26-18-10-6-14-22(26)2,31-35-27-19-11-7-15-23(27)3)32-36-28-20-12-8-16-24(28)4/h5-20H,33-36H2,1-4H3. The molecule has 0 unspecified atom stereocenters. The third kappa shape index (κ3) is 7.90. The first kappa shape index (κ1) is 27.8. The van der Waals surface area contributed by atoms with E-state index in [2.05, 4.69) is 125 Å². The number of benzene rings is 4. The maximum absolute atomic E-state index is 6.80. The molecule has 0 atom stereocenters. The van der Waals surface area contributed by atoms with Crippen LogP contribution in [0.3, 0.4) is 0 Å². The lowest BCUT2D eigenvalue weighted by Crippen LogP contribution is -2.57. The van der Waals surface area contributed by atoms with Gasteiger partial charge in [0.15, 0.2) is 39.1 Å². The van der Waals surface area contributed by atoms with Gasteiger partial charge in [0.2, 0.25) is 0 Å². The first-order valence-electron chi connectivity index (χ1n) is 12.7. The van der Waals surface area contributed by atoms with Gasteiger partial charge in [-0.05, 0) is 48.4 Å². The quantitative estimate of drug-likeness (QED) is 0.228.